The lowest BCUT2D eigenvalue weighted by Gasteiger charge is -2.37. The molecule has 0 saturated carbocycles. The second-order valence-corrected chi connectivity index (χ2v) is 14.7. The number of aliphatic hydroxyl groups is 4. The molecule has 2 aromatic carbocycles. The SMILES string of the molecule is COC([C@@H](O)[C@@H](O)n1ccc(=O)[nH]c1=O)[C@@H](O[C@@H]1O[C@H](CN)[C@@H](O)[C@H]1O)[C@H](NCCCC(=O)NCc1ccc(N2CCC(Oc3ccc(C(F)(F)F)cc3)CC2)cc1)C(N)=O. The molecule has 19 nitrogen and oxygen atoms in total. The maximum atomic E-state index is 12.9. The quantitative estimate of drug-likeness (QED) is 0.0604. The number of primary amides is 1. The van der Waals surface area contributed by atoms with Crippen LogP contribution in [0.15, 0.2) is 70.4 Å². The Labute approximate surface area is 347 Å². The van der Waals surface area contributed by atoms with E-state index in [4.69, 9.17) is 30.4 Å². The Morgan fingerprint density at radius 3 is 2.25 bits per heavy atom. The van der Waals surface area contributed by atoms with Gasteiger partial charge in [0.05, 0.1) is 5.56 Å². The van der Waals surface area contributed by atoms with Gasteiger partial charge in [-0.2, -0.15) is 13.2 Å². The van der Waals surface area contributed by atoms with E-state index in [0.717, 1.165) is 42.8 Å². The highest BCUT2D eigenvalue weighted by atomic mass is 19.4. The van der Waals surface area contributed by atoms with E-state index in [0.29, 0.717) is 36.2 Å². The van der Waals surface area contributed by atoms with Crippen molar-refractivity contribution in [2.24, 2.45) is 11.5 Å². The number of aliphatic hydroxyl groups excluding tert-OH is 4. The van der Waals surface area contributed by atoms with Crippen LogP contribution in [0.5, 0.6) is 5.75 Å². The second-order valence-electron chi connectivity index (χ2n) is 14.7. The van der Waals surface area contributed by atoms with Crippen molar-refractivity contribution in [3.8, 4) is 5.75 Å². The molecule has 0 aliphatic carbocycles. The molecular weight excluding hydrogens is 815 g/mol. The van der Waals surface area contributed by atoms with Gasteiger partial charge in [-0.15, -0.1) is 0 Å². The van der Waals surface area contributed by atoms with Crippen molar-refractivity contribution in [3.05, 3.63) is 92.8 Å². The van der Waals surface area contributed by atoms with Crippen LogP contribution in [0, 0.1) is 0 Å². The number of piperidine rings is 1. The van der Waals surface area contributed by atoms with E-state index in [2.05, 4.69) is 15.5 Å². The molecule has 22 heteroatoms. The number of carbonyl (C=O) groups excluding carboxylic acids is 2. The summed E-state index contributed by atoms with van der Waals surface area (Å²) in [6.07, 6.45) is -15.4. The first-order valence-electron chi connectivity index (χ1n) is 19.6. The zero-order chi connectivity index (χ0) is 44.4. The molecule has 1 unspecified atom stereocenters. The van der Waals surface area contributed by atoms with Gasteiger partial charge in [-0.1, -0.05) is 12.1 Å². The zero-order valence-corrected chi connectivity index (χ0v) is 33.1. The zero-order valence-electron chi connectivity index (χ0n) is 33.1. The van der Waals surface area contributed by atoms with Crippen molar-refractivity contribution >= 4 is 17.5 Å². The Bertz CT molecular complexity index is 2000. The lowest BCUT2D eigenvalue weighted by molar-refractivity contribution is -0.236. The maximum Gasteiger partial charge on any atom is 0.416 e. The summed E-state index contributed by atoms with van der Waals surface area (Å²) in [6, 6.07) is 11.7. The van der Waals surface area contributed by atoms with Gasteiger partial charge in [0.2, 0.25) is 11.8 Å². The third-order valence-corrected chi connectivity index (χ3v) is 10.5. The maximum absolute atomic E-state index is 12.9. The summed E-state index contributed by atoms with van der Waals surface area (Å²) in [7, 11) is 1.10. The molecule has 11 N–H and O–H groups in total. The Kier molecular flexibility index (Phi) is 16.4. The van der Waals surface area contributed by atoms with Crippen molar-refractivity contribution in [3.63, 3.8) is 0 Å². The van der Waals surface area contributed by atoms with Crippen molar-refractivity contribution in [2.45, 2.75) is 99.7 Å². The Morgan fingerprint density at radius 2 is 1.67 bits per heavy atom. The fourth-order valence-corrected chi connectivity index (χ4v) is 7.11. The minimum Gasteiger partial charge on any atom is -0.490 e. The summed E-state index contributed by atoms with van der Waals surface area (Å²) in [6.45, 7) is 1.36. The van der Waals surface area contributed by atoms with E-state index in [1.165, 1.54) is 12.1 Å². The van der Waals surface area contributed by atoms with Gasteiger partial charge in [-0.25, -0.2) is 4.79 Å². The molecule has 0 radical (unpaired) electrons. The molecule has 1 aromatic heterocycles. The Morgan fingerprint density at radius 1 is 1.00 bits per heavy atom. The molecule has 9 atom stereocenters. The van der Waals surface area contributed by atoms with Crippen LogP contribution in [0.25, 0.3) is 0 Å². The molecule has 3 aromatic rings. The lowest BCUT2D eigenvalue weighted by atomic mass is 9.98. The van der Waals surface area contributed by atoms with Gasteiger partial charge in [-0.05, 0) is 54.9 Å². The minimum atomic E-state index is -4.41. The predicted molar refractivity (Wildman–Crippen MR) is 210 cm³/mol. The number of hydrogen-bond acceptors (Lipinski definition) is 15. The first kappa shape index (κ1) is 47.1. The number of alkyl halides is 3. The van der Waals surface area contributed by atoms with E-state index < -0.39 is 84.1 Å². The molecule has 3 heterocycles. The number of ether oxygens (including phenoxy) is 4. The smallest absolute Gasteiger partial charge is 0.416 e. The van der Waals surface area contributed by atoms with Crippen LogP contribution in [0.3, 0.4) is 0 Å². The molecular formula is C39H52F3N7O12. The van der Waals surface area contributed by atoms with Gasteiger partial charge in [0.25, 0.3) is 5.56 Å². The number of carbonyl (C=O) groups is 2. The van der Waals surface area contributed by atoms with Gasteiger partial charge < -0.3 is 66.4 Å². The second kappa shape index (κ2) is 21.3. The third-order valence-electron chi connectivity index (χ3n) is 10.5. The summed E-state index contributed by atoms with van der Waals surface area (Å²) in [4.78, 5) is 53.7. The highest BCUT2D eigenvalue weighted by Crippen LogP contribution is 2.32. The molecule has 336 valence electrons. The van der Waals surface area contributed by atoms with Crippen LogP contribution < -0.4 is 43.0 Å². The number of hydrogen-bond donors (Lipinski definition) is 9. The lowest BCUT2D eigenvalue weighted by Crippen LogP contribution is -2.60. The van der Waals surface area contributed by atoms with Crippen LogP contribution in [-0.2, 0) is 36.5 Å². The van der Waals surface area contributed by atoms with Gasteiger partial charge in [-0.3, -0.25) is 23.9 Å². The molecule has 2 saturated heterocycles. The average molecular weight is 868 g/mol. The first-order valence-corrected chi connectivity index (χ1v) is 19.6. The number of benzene rings is 2. The van der Waals surface area contributed by atoms with Crippen LogP contribution in [0.2, 0.25) is 0 Å². The summed E-state index contributed by atoms with van der Waals surface area (Å²) >= 11 is 0. The monoisotopic (exact) mass is 867 g/mol. The van der Waals surface area contributed by atoms with Crippen LogP contribution >= 0.6 is 0 Å². The molecule has 2 amide bonds. The Balaban J connectivity index is 1.12. The number of rotatable bonds is 20. The van der Waals surface area contributed by atoms with Crippen LogP contribution in [0.4, 0.5) is 18.9 Å². The van der Waals surface area contributed by atoms with Gasteiger partial charge in [0.15, 0.2) is 12.5 Å². The first-order chi connectivity index (χ1) is 29.0. The number of aromatic nitrogens is 2. The number of anilines is 1. The van der Waals surface area contributed by atoms with Crippen molar-refractivity contribution < 1.29 is 62.1 Å². The fourth-order valence-electron chi connectivity index (χ4n) is 7.11. The predicted octanol–water partition coefficient (Wildman–Crippen LogP) is -1.20. The molecule has 2 aliphatic heterocycles. The average Bonchev–Trinajstić information content (AvgIpc) is 3.50. The highest BCUT2D eigenvalue weighted by molar-refractivity contribution is 5.80. The topological polar surface area (TPSA) is 286 Å². The van der Waals surface area contributed by atoms with Crippen LogP contribution in [0.1, 0.15) is 43.0 Å². The molecule has 5 rings (SSSR count). The summed E-state index contributed by atoms with van der Waals surface area (Å²) < 4.78 is 62.0. The number of nitrogens with zero attached hydrogens (tertiary/aromatic N) is 2. The number of halogens is 3. The van der Waals surface area contributed by atoms with Gasteiger partial charge in [0, 0.05) is 70.5 Å². The number of amides is 2. The molecule has 0 bridgehead atoms. The highest BCUT2D eigenvalue weighted by Gasteiger charge is 2.48. The molecule has 2 fully saturated rings. The standard InChI is InChI=1S/C39H52F3N7O12/c1-58-34(32(54)36(56)49-18-14-28(51)47-38(49)57)33(61-37-31(53)30(52)26(19-43)60-37)29(35(44)55)45-15-2-3-27(50)46-20-21-4-8-23(9-5-21)48-16-12-25(13-17-48)59-24-10-6-22(7-11-24)39(40,41)42/h4-11,14,18,25-26,29-34,36-37,45,52-54,56H,2-3,12-13,15-17,19-20,43H2,1H3,(H2,44,55)(H,46,50)(H,47,51,57)/t26-,29+,30-,31-,32-,33+,34?,36-,37+/m1/s1. The van der Waals surface area contributed by atoms with E-state index in [9.17, 15) is 52.8 Å². The number of nitrogens with two attached hydrogens (primary N) is 2. The molecule has 2 aliphatic rings. The van der Waals surface area contributed by atoms with E-state index in [1.54, 1.807) is 0 Å². The van der Waals surface area contributed by atoms with E-state index >= 15 is 0 Å². The number of methoxy groups -OCH3 is 1. The Hall–Kier alpha value is -4.91. The van der Waals surface area contributed by atoms with Crippen molar-refractivity contribution in [1.82, 2.24) is 20.2 Å². The molecule has 61 heavy (non-hydrogen) atoms. The largest absolute Gasteiger partial charge is 0.490 e. The number of H-pyrrole nitrogens is 1. The third kappa shape index (κ3) is 12.4. The minimum absolute atomic E-state index is 0.00454. The van der Waals surface area contributed by atoms with Crippen LogP contribution in [-0.4, -0.2) is 130 Å². The van der Waals surface area contributed by atoms with Crippen molar-refractivity contribution in [2.75, 3.05) is 38.2 Å². The van der Waals surface area contributed by atoms with E-state index in [1.807, 2.05) is 29.2 Å². The van der Waals surface area contributed by atoms with E-state index in [-0.39, 0.29) is 44.5 Å². The summed E-state index contributed by atoms with van der Waals surface area (Å²) in [5, 5.41) is 48.8. The molecule has 0 spiro atoms. The van der Waals surface area contributed by atoms with Crippen molar-refractivity contribution in [1.29, 1.82) is 0 Å². The fraction of sp³-hybridized carbons (Fsp3) is 0.538. The number of nitrogens with one attached hydrogen (secondary N) is 3. The normalized spacial score (nSPS) is 22.3. The van der Waals surface area contributed by atoms with Gasteiger partial charge in [0.1, 0.15) is 54.5 Å². The summed E-state index contributed by atoms with van der Waals surface area (Å²) in [5.74, 6) is -0.965. The van der Waals surface area contributed by atoms with Gasteiger partial charge >= 0.3 is 11.9 Å². The summed E-state index contributed by atoms with van der Waals surface area (Å²) in [5.41, 5.74) is 10.6. The number of aromatic amines is 1.